The first-order chi connectivity index (χ1) is 9.08. The van der Waals surface area contributed by atoms with Gasteiger partial charge in [-0.05, 0) is 5.56 Å². The second-order valence-electron chi connectivity index (χ2n) is 4.56. The van der Waals surface area contributed by atoms with E-state index in [-0.39, 0.29) is 6.61 Å². The highest BCUT2D eigenvalue weighted by molar-refractivity contribution is 5.82. The van der Waals surface area contributed by atoms with Crippen molar-refractivity contribution >= 4 is 5.84 Å². The minimum Gasteiger partial charge on any atom is -0.388 e. The zero-order valence-corrected chi connectivity index (χ0v) is 10.4. The molecule has 0 aromatic heterocycles. The summed E-state index contributed by atoms with van der Waals surface area (Å²) in [4.78, 5) is 4.05. The first kappa shape index (κ1) is 14.0. The fourth-order valence-electron chi connectivity index (χ4n) is 1.92. The smallest absolute Gasteiger partial charge is 0.178 e. The van der Waals surface area contributed by atoms with Gasteiger partial charge in [-0.15, -0.1) is 0 Å². The fraction of sp³-hybridized carbons (Fsp3) is 0.462. The molecule has 1 heterocycles. The summed E-state index contributed by atoms with van der Waals surface area (Å²) in [6, 6.07) is 9.53. The molecule has 1 aromatic rings. The van der Waals surface area contributed by atoms with Crippen molar-refractivity contribution in [1.29, 1.82) is 0 Å². The topological polar surface area (TPSA) is 108 Å². The molecule has 104 valence electrons. The molecule has 0 spiro atoms. The van der Waals surface area contributed by atoms with Crippen molar-refractivity contribution in [3.8, 4) is 0 Å². The number of aliphatic hydroxyl groups excluding tert-OH is 3. The van der Waals surface area contributed by atoms with E-state index in [0.29, 0.717) is 12.3 Å². The Bertz CT molecular complexity index is 438. The summed E-state index contributed by atoms with van der Waals surface area (Å²) in [5.41, 5.74) is 6.79. The third-order valence-corrected chi connectivity index (χ3v) is 3.00. The predicted molar refractivity (Wildman–Crippen MR) is 69.5 cm³/mol. The molecule has 4 unspecified atom stereocenters. The van der Waals surface area contributed by atoms with E-state index in [4.69, 9.17) is 10.5 Å². The van der Waals surface area contributed by atoms with Gasteiger partial charge in [0, 0.05) is 6.42 Å². The lowest BCUT2D eigenvalue weighted by atomic mass is 10.0. The second kappa shape index (κ2) is 6.12. The van der Waals surface area contributed by atoms with Crippen molar-refractivity contribution in [2.75, 3.05) is 6.61 Å². The summed E-state index contributed by atoms with van der Waals surface area (Å²) in [6.07, 6.45) is -4.16. The van der Waals surface area contributed by atoms with Crippen LogP contribution in [0.5, 0.6) is 0 Å². The average molecular weight is 266 g/mol. The highest BCUT2D eigenvalue weighted by atomic mass is 16.5. The summed E-state index contributed by atoms with van der Waals surface area (Å²) in [6.45, 7) is -0.0784. The summed E-state index contributed by atoms with van der Waals surface area (Å²) in [5, 5.41) is 28.6. The number of aliphatic imine (C=N–C) groups is 1. The van der Waals surface area contributed by atoms with Crippen LogP contribution in [0.25, 0.3) is 0 Å². The van der Waals surface area contributed by atoms with Gasteiger partial charge in [-0.25, -0.2) is 4.99 Å². The Morgan fingerprint density at radius 3 is 2.58 bits per heavy atom. The van der Waals surface area contributed by atoms with E-state index in [9.17, 15) is 15.3 Å². The lowest BCUT2D eigenvalue weighted by Crippen LogP contribution is -2.52. The zero-order valence-electron chi connectivity index (χ0n) is 10.4. The van der Waals surface area contributed by atoms with Crippen LogP contribution in [0, 0.1) is 0 Å². The molecule has 1 aliphatic heterocycles. The first-order valence-electron chi connectivity index (χ1n) is 6.10. The molecule has 6 heteroatoms. The Morgan fingerprint density at radius 1 is 1.21 bits per heavy atom. The molecule has 19 heavy (non-hydrogen) atoms. The summed E-state index contributed by atoms with van der Waals surface area (Å²) in [5.74, 6) is 0.304. The van der Waals surface area contributed by atoms with E-state index >= 15 is 0 Å². The quantitative estimate of drug-likeness (QED) is 0.415. The van der Waals surface area contributed by atoms with Crippen LogP contribution in [-0.4, -0.2) is 52.3 Å². The Labute approximate surface area is 111 Å². The predicted octanol–water partition coefficient (Wildman–Crippen LogP) is -0.975. The van der Waals surface area contributed by atoms with Gasteiger partial charge in [0.2, 0.25) is 0 Å². The van der Waals surface area contributed by atoms with Crippen LogP contribution in [0.3, 0.4) is 0 Å². The highest BCUT2D eigenvalue weighted by Crippen LogP contribution is 2.16. The molecule has 0 bridgehead atoms. The molecule has 0 amide bonds. The van der Waals surface area contributed by atoms with Crippen LogP contribution in [0.15, 0.2) is 35.3 Å². The van der Waals surface area contributed by atoms with Gasteiger partial charge in [-0.1, -0.05) is 30.3 Å². The van der Waals surface area contributed by atoms with Crippen LogP contribution in [0.4, 0.5) is 0 Å². The monoisotopic (exact) mass is 266 g/mol. The number of ether oxygens (including phenoxy) is 1. The number of rotatable bonds is 3. The molecule has 2 rings (SSSR count). The Kier molecular flexibility index (Phi) is 4.49. The van der Waals surface area contributed by atoms with Gasteiger partial charge in [-0.2, -0.15) is 0 Å². The first-order valence-corrected chi connectivity index (χ1v) is 6.10. The molecule has 4 atom stereocenters. The number of nitrogens with two attached hydrogens (primary N) is 1. The standard InChI is InChI=1S/C13H18N2O4/c14-10(6-8-4-2-1-3-5-8)15-13-12(18)11(17)9(16)7-19-13/h1-5,9,11-13,16-18H,6-7H2,(H2,14,15). The number of aliphatic hydroxyl groups is 3. The molecule has 0 aliphatic carbocycles. The van der Waals surface area contributed by atoms with E-state index in [1.807, 2.05) is 30.3 Å². The number of benzene rings is 1. The van der Waals surface area contributed by atoms with Crippen molar-refractivity contribution in [3.63, 3.8) is 0 Å². The summed E-state index contributed by atoms with van der Waals surface area (Å²) in [7, 11) is 0. The minimum absolute atomic E-state index is 0.0784. The fourth-order valence-corrected chi connectivity index (χ4v) is 1.92. The van der Waals surface area contributed by atoms with E-state index in [0.717, 1.165) is 5.56 Å². The molecule has 1 fully saturated rings. The molecule has 1 aliphatic rings. The molecular formula is C13H18N2O4. The molecular weight excluding hydrogens is 248 g/mol. The van der Waals surface area contributed by atoms with Crippen LogP contribution in [0.2, 0.25) is 0 Å². The SMILES string of the molecule is N/C(Cc1ccccc1)=N\C1OCC(O)C(O)C1O. The van der Waals surface area contributed by atoms with Gasteiger partial charge in [0.1, 0.15) is 24.1 Å². The molecule has 1 aromatic carbocycles. The van der Waals surface area contributed by atoms with Gasteiger partial charge < -0.3 is 25.8 Å². The highest BCUT2D eigenvalue weighted by Gasteiger charge is 2.37. The van der Waals surface area contributed by atoms with Crippen LogP contribution >= 0.6 is 0 Å². The van der Waals surface area contributed by atoms with Gasteiger partial charge in [-0.3, -0.25) is 0 Å². The van der Waals surface area contributed by atoms with Crippen molar-refractivity contribution in [2.24, 2.45) is 10.7 Å². The minimum atomic E-state index is -1.28. The van der Waals surface area contributed by atoms with Gasteiger partial charge in [0.05, 0.1) is 6.61 Å². The number of amidine groups is 1. The van der Waals surface area contributed by atoms with Crippen LogP contribution < -0.4 is 5.73 Å². The Morgan fingerprint density at radius 2 is 1.89 bits per heavy atom. The van der Waals surface area contributed by atoms with Crippen LogP contribution in [-0.2, 0) is 11.2 Å². The lowest BCUT2D eigenvalue weighted by molar-refractivity contribution is -0.184. The average Bonchev–Trinajstić information content (AvgIpc) is 2.41. The summed E-state index contributed by atoms with van der Waals surface area (Å²) < 4.78 is 5.15. The lowest BCUT2D eigenvalue weighted by Gasteiger charge is -2.33. The van der Waals surface area contributed by atoms with Crippen molar-refractivity contribution in [1.82, 2.24) is 0 Å². The molecule has 0 radical (unpaired) electrons. The maximum Gasteiger partial charge on any atom is 0.178 e. The molecule has 6 nitrogen and oxygen atoms in total. The Hall–Kier alpha value is -1.47. The largest absolute Gasteiger partial charge is 0.388 e. The van der Waals surface area contributed by atoms with E-state index < -0.39 is 24.5 Å². The van der Waals surface area contributed by atoms with Gasteiger partial charge in [0.25, 0.3) is 0 Å². The number of hydrogen-bond donors (Lipinski definition) is 4. The third kappa shape index (κ3) is 3.51. The summed E-state index contributed by atoms with van der Waals surface area (Å²) >= 11 is 0. The van der Waals surface area contributed by atoms with E-state index in [1.54, 1.807) is 0 Å². The van der Waals surface area contributed by atoms with E-state index in [2.05, 4.69) is 4.99 Å². The van der Waals surface area contributed by atoms with Gasteiger partial charge in [0.15, 0.2) is 6.23 Å². The van der Waals surface area contributed by atoms with Crippen molar-refractivity contribution in [3.05, 3.63) is 35.9 Å². The van der Waals surface area contributed by atoms with E-state index in [1.165, 1.54) is 0 Å². The van der Waals surface area contributed by atoms with Gasteiger partial charge >= 0.3 is 0 Å². The molecule has 1 saturated heterocycles. The maximum absolute atomic E-state index is 9.73. The van der Waals surface area contributed by atoms with Crippen molar-refractivity contribution in [2.45, 2.75) is 31.0 Å². The zero-order chi connectivity index (χ0) is 13.8. The second-order valence-corrected chi connectivity index (χ2v) is 4.56. The maximum atomic E-state index is 9.73. The number of nitrogens with zero attached hydrogens (tertiary/aromatic N) is 1. The molecule has 5 N–H and O–H groups in total. The third-order valence-electron chi connectivity index (χ3n) is 3.00. The van der Waals surface area contributed by atoms with Crippen molar-refractivity contribution < 1.29 is 20.1 Å². The Balaban J connectivity index is 2.00. The molecule has 0 saturated carbocycles. The number of hydrogen-bond acceptors (Lipinski definition) is 5. The van der Waals surface area contributed by atoms with Crippen LogP contribution in [0.1, 0.15) is 5.56 Å². The normalized spacial score (nSPS) is 32.3.